The fraction of sp³-hybridized carbons (Fsp3) is 1.00. The van der Waals surface area contributed by atoms with Crippen molar-refractivity contribution in [3.8, 4) is 0 Å². The summed E-state index contributed by atoms with van der Waals surface area (Å²) in [6.07, 6.45) is -2.33. The van der Waals surface area contributed by atoms with E-state index < -0.39 is 12.7 Å². The van der Waals surface area contributed by atoms with Crippen LogP contribution in [0.15, 0.2) is 0 Å². The Morgan fingerprint density at radius 2 is 1.76 bits per heavy atom. The number of alkyl halides is 3. The van der Waals surface area contributed by atoms with Crippen LogP contribution >= 0.6 is 0 Å². The van der Waals surface area contributed by atoms with Crippen LogP contribution in [-0.2, 0) is 4.74 Å². The highest BCUT2D eigenvalue weighted by molar-refractivity contribution is 4.80. The number of rotatable bonds is 8. The fourth-order valence-electron chi connectivity index (χ4n) is 2.55. The molecule has 1 saturated heterocycles. The van der Waals surface area contributed by atoms with Crippen molar-refractivity contribution < 1.29 is 17.9 Å². The second-order valence-electron chi connectivity index (χ2n) is 6.65. The van der Waals surface area contributed by atoms with E-state index in [0.29, 0.717) is 12.5 Å². The molecule has 0 amide bonds. The first-order chi connectivity index (χ1) is 9.67. The third kappa shape index (κ3) is 8.02. The lowest BCUT2D eigenvalue weighted by molar-refractivity contribution is -0.153. The first kappa shape index (κ1) is 18.7. The summed E-state index contributed by atoms with van der Waals surface area (Å²) < 4.78 is 43.6. The standard InChI is InChI=1S/C15H29F3N2O/c1-11(2)7-19-8-13-5-6-14(21-13)9-20(12(3)4)10-15(16,17)18/h11-14,19H,5-10H2,1-4H3. The summed E-state index contributed by atoms with van der Waals surface area (Å²) in [7, 11) is 0. The summed E-state index contributed by atoms with van der Waals surface area (Å²) in [5.41, 5.74) is 0. The van der Waals surface area contributed by atoms with Crippen molar-refractivity contribution in [2.75, 3.05) is 26.2 Å². The molecular formula is C15H29F3N2O. The van der Waals surface area contributed by atoms with Gasteiger partial charge in [0.2, 0.25) is 0 Å². The topological polar surface area (TPSA) is 24.5 Å². The molecule has 0 aromatic carbocycles. The van der Waals surface area contributed by atoms with Gasteiger partial charge in [-0.25, -0.2) is 0 Å². The highest BCUT2D eigenvalue weighted by Gasteiger charge is 2.34. The lowest BCUT2D eigenvalue weighted by Gasteiger charge is -2.29. The third-order valence-corrected chi connectivity index (χ3v) is 3.67. The Morgan fingerprint density at radius 3 is 2.29 bits per heavy atom. The molecule has 3 nitrogen and oxygen atoms in total. The smallest absolute Gasteiger partial charge is 0.372 e. The molecule has 126 valence electrons. The Labute approximate surface area is 126 Å². The summed E-state index contributed by atoms with van der Waals surface area (Å²) in [5, 5.41) is 3.34. The summed E-state index contributed by atoms with van der Waals surface area (Å²) in [4.78, 5) is 1.45. The zero-order chi connectivity index (χ0) is 16.0. The minimum Gasteiger partial charge on any atom is -0.372 e. The molecule has 2 unspecified atom stereocenters. The molecule has 1 N–H and O–H groups in total. The summed E-state index contributed by atoms with van der Waals surface area (Å²) >= 11 is 0. The van der Waals surface area contributed by atoms with Crippen LogP contribution in [0.3, 0.4) is 0 Å². The van der Waals surface area contributed by atoms with E-state index in [-0.39, 0.29) is 18.2 Å². The lowest BCUT2D eigenvalue weighted by atomic mass is 10.1. The van der Waals surface area contributed by atoms with E-state index in [2.05, 4.69) is 19.2 Å². The molecule has 2 atom stereocenters. The molecular weight excluding hydrogens is 281 g/mol. The van der Waals surface area contributed by atoms with Crippen LogP contribution in [0.5, 0.6) is 0 Å². The van der Waals surface area contributed by atoms with Gasteiger partial charge < -0.3 is 10.1 Å². The third-order valence-electron chi connectivity index (χ3n) is 3.67. The predicted molar refractivity (Wildman–Crippen MR) is 78.4 cm³/mol. The fourth-order valence-corrected chi connectivity index (χ4v) is 2.55. The quantitative estimate of drug-likeness (QED) is 0.746. The first-order valence-corrected chi connectivity index (χ1v) is 7.84. The molecule has 1 aliphatic heterocycles. The molecule has 21 heavy (non-hydrogen) atoms. The molecule has 0 radical (unpaired) electrons. The van der Waals surface area contributed by atoms with Gasteiger partial charge in [0.05, 0.1) is 18.8 Å². The second-order valence-corrected chi connectivity index (χ2v) is 6.65. The van der Waals surface area contributed by atoms with Crippen LogP contribution in [0.4, 0.5) is 13.2 Å². The first-order valence-electron chi connectivity index (χ1n) is 7.84. The Hall–Kier alpha value is -0.330. The van der Waals surface area contributed by atoms with Gasteiger partial charge in [0, 0.05) is 19.1 Å². The highest BCUT2D eigenvalue weighted by atomic mass is 19.4. The van der Waals surface area contributed by atoms with Crippen molar-refractivity contribution in [1.82, 2.24) is 10.2 Å². The molecule has 0 spiro atoms. The summed E-state index contributed by atoms with van der Waals surface area (Å²) in [6.45, 7) is 9.10. The number of hydrogen-bond acceptors (Lipinski definition) is 3. The van der Waals surface area contributed by atoms with E-state index in [9.17, 15) is 13.2 Å². The van der Waals surface area contributed by atoms with Crippen LogP contribution < -0.4 is 5.32 Å². The number of hydrogen-bond donors (Lipinski definition) is 1. The van der Waals surface area contributed by atoms with E-state index in [1.54, 1.807) is 13.8 Å². The van der Waals surface area contributed by atoms with Gasteiger partial charge in [-0.15, -0.1) is 0 Å². The average molecular weight is 310 g/mol. The Balaban J connectivity index is 2.34. The van der Waals surface area contributed by atoms with Gasteiger partial charge in [0.15, 0.2) is 0 Å². The Kier molecular flexibility index (Phi) is 7.44. The minimum atomic E-state index is -4.15. The normalized spacial score (nSPS) is 23.7. The van der Waals surface area contributed by atoms with E-state index >= 15 is 0 Å². The molecule has 0 bridgehead atoms. The maximum absolute atomic E-state index is 12.6. The molecule has 0 aliphatic carbocycles. The lowest BCUT2D eigenvalue weighted by Crippen LogP contribution is -2.43. The summed E-state index contributed by atoms with van der Waals surface area (Å²) in [5.74, 6) is 0.588. The van der Waals surface area contributed by atoms with Crippen molar-refractivity contribution in [2.45, 2.75) is 65.0 Å². The van der Waals surface area contributed by atoms with Gasteiger partial charge >= 0.3 is 6.18 Å². The Morgan fingerprint density at radius 1 is 1.14 bits per heavy atom. The van der Waals surface area contributed by atoms with Gasteiger partial charge in [-0.3, -0.25) is 4.90 Å². The number of halogens is 3. The van der Waals surface area contributed by atoms with Crippen LogP contribution in [-0.4, -0.2) is 55.5 Å². The van der Waals surface area contributed by atoms with Crippen LogP contribution in [0.25, 0.3) is 0 Å². The number of nitrogens with zero attached hydrogens (tertiary/aromatic N) is 1. The largest absolute Gasteiger partial charge is 0.401 e. The van der Waals surface area contributed by atoms with Crippen LogP contribution in [0.1, 0.15) is 40.5 Å². The molecule has 6 heteroatoms. The van der Waals surface area contributed by atoms with Crippen molar-refractivity contribution >= 4 is 0 Å². The van der Waals surface area contributed by atoms with Gasteiger partial charge in [0.1, 0.15) is 0 Å². The van der Waals surface area contributed by atoms with E-state index in [1.165, 1.54) is 4.90 Å². The molecule has 1 fully saturated rings. The van der Waals surface area contributed by atoms with Gasteiger partial charge in [-0.05, 0) is 39.2 Å². The molecule has 1 aliphatic rings. The van der Waals surface area contributed by atoms with Crippen LogP contribution in [0.2, 0.25) is 0 Å². The Bertz CT molecular complexity index is 295. The molecule has 1 rings (SSSR count). The van der Waals surface area contributed by atoms with Crippen molar-refractivity contribution in [2.24, 2.45) is 5.92 Å². The van der Waals surface area contributed by atoms with Gasteiger partial charge in [-0.2, -0.15) is 13.2 Å². The average Bonchev–Trinajstić information content (AvgIpc) is 2.73. The zero-order valence-electron chi connectivity index (χ0n) is 13.5. The molecule has 0 saturated carbocycles. The monoisotopic (exact) mass is 310 g/mol. The van der Waals surface area contributed by atoms with E-state index in [1.807, 2.05) is 0 Å². The van der Waals surface area contributed by atoms with Crippen molar-refractivity contribution in [3.05, 3.63) is 0 Å². The predicted octanol–water partition coefficient (Wildman–Crippen LogP) is 3.05. The zero-order valence-corrected chi connectivity index (χ0v) is 13.5. The minimum absolute atomic E-state index is 0.0828. The van der Waals surface area contributed by atoms with E-state index in [4.69, 9.17) is 4.74 Å². The molecule has 1 heterocycles. The second kappa shape index (κ2) is 8.34. The molecule has 0 aromatic rings. The van der Waals surface area contributed by atoms with Gasteiger partial charge in [0.25, 0.3) is 0 Å². The summed E-state index contributed by atoms with van der Waals surface area (Å²) in [6, 6.07) is -0.131. The number of nitrogens with one attached hydrogen (secondary N) is 1. The number of ether oxygens (including phenoxy) is 1. The van der Waals surface area contributed by atoms with E-state index in [0.717, 1.165) is 25.9 Å². The highest BCUT2D eigenvalue weighted by Crippen LogP contribution is 2.23. The maximum atomic E-state index is 12.6. The maximum Gasteiger partial charge on any atom is 0.401 e. The van der Waals surface area contributed by atoms with Gasteiger partial charge in [-0.1, -0.05) is 13.8 Å². The van der Waals surface area contributed by atoms with Crippen LogP contribution in [0, 0.1) is 5.92 Å². The van der Waals surface area contributed by atoms with Crippen molar-refractivity contribution in [3.63, 3.8) is 0 Å². The van der Waals surface area contributed by atoms with Crippen molar-refractivity contribution in [1.29, 1.82) is 0 Å². The SMILES string of the molecule is CC(C)CNCC1CCC(CN(CC(F)(F)F)C(C)C)O1. The molecule has 0 aromatic heterocycles.